The number of ether oxygens (including phenoxy) is 1. The van der Waals surface area contributed by atoms with Crippen LogP contribution in [-0.2, 0) is 4.74 Å². The van der Waals surface area contributed by atoms with E-state index >= 15 is 0 Å². The molecule has 0 spiro atoms. The van der Waals surface area contributed by atoms with Crippen molar-refractivity contribution in [3.63, 3.8) is 0 Å². The molecule has 1 aliphatic rings. The van der Waals surface area contributed by atoms with Gasteiger partial charge in [0.2, 0.25) is 0 Å². The maximum Gasteiger partial charge on any atom is 0.268 e. The Morgan fingerprint density at radius 3 is 2.22 bits per heavy atom. The van der Waals surface area contributed by atoms with Gasteiger partial charge in [-0.2, -0.15) is 0 Å². The van der Waals surface area contributed by atoms with Crippen molar-refractivity contribution in [2.24, 2.45) is 11.3 Å². The molecule has 1 nitrogen and oxygen atoms in total. The van der Waals surface area contributed by atoms with Gasteiger partial charge in [0.05, 0.1) is 12.7 Å². The Morgan fingerprint density at radius 1 is 1.22 bits per heavy atom. The minimum atomic E-state index is -2.69. The molecule has 0 radical (unpaired) electrons. The lowest BCUT2D eigenvalue weighted by Gasteiger charge is -2.41. The SMILES string of the molecule is CC(C)OCC1(CC=CC(F)(F)C(C)C)CCC1. The van der Waals surface area contributed by atoms with Crippen LogP contribution in [0, 0.1) is 11.3 Å². The highest BCUT2D eigenvalue weighted by atomic mass is 19.3. The second-order valence-corrected chi connectivity index (χ2v) is 6.15. The molecule has 0 unspecified atom stereocenters. The molecule has 0 aromatic carbocycles. The predicted octanol–water partition coefficient (Wildman–Crippen LogP) is 4.82. The summed E-state index contributed by atoms with van der Waals surface area (Å²) < 4.78 is 32.5. The fourth-order valence-electron chi connectivity index (χ4n) is 2.09. The highest BCUT2D eigenvalue weighted by Gasteiger charge is 2.37. The van der Waals surface area contributed by atoms with Crippen molar-refractivity contribution in [2.75, 3.05) is 6.61 Å². The van der Waals surface area contributed by atoms with E-state index in [-0.39, 0.29) is 11.5 Å². The summed E-state index contributed by atoms with van der Waals surface area (Å²) in [5, 5.41) is 0. The van der Waals surface area contributed by atoms with Crippen LogP contribution in [0.25, 0.3) is 0 Å². The van der Waals surface area contributed by atoms with Gasteiger partial charge < -0.3 is 4.74 Å². The van der Waals surface area contributed by atoms with Gasteiger partial charge in [-0.1, -0.05) is 26.3 Å². The molecule has 106 valence electrons. The quantitative estimate of drug-likeness (QED) is 0.596. The zero-order valence-corrected chi connectivity index (χ0v) is 12.0. The van der Waals surface area contributed by atoms with E-state index in [0.29, 0.717) is 13.0 Å². The van der Waals surface area contributed by atoms with Crippen molar-refractivity contribution in [3.05, 3.63) is 12.2 Å². The van der Waals surface area contributed by atoms with E-state index in [9.17, 15) is 8.78 Å². The summed E-state index contributed by atoms with van der Waals surface area (Å²) in [5.41, 5.74) is 0.119. The van der Waals surface area contributed by atoms with Crippen molar-refractivity contribution < 1.29 is 13.5 Å². The first-order valence-electron chi connectivity index (χ1n) is 6.94. The van der Waals surface area contributed by atoms with Crippen LogP contribution in [0.4, 0.5) is 8.78 Å². The Bertz CT molecular complexity index is 278. The maximum absolute atomic E-state index is 13.4. The molecule has 1 aliphatic carbocycles. The van der Waals surface area contributed by atoms with Crippen molar-refractivity contribution in [2.45, 2.75) is 65.4 Å². The largest absolute Gasteiger partial charge is 0.378 e. The van der Waals surface area contributed by atoms with E-state index in [0.717, 1.165) is 18.9 Å². The third-order valence-corrected chi connectivity index (χ3v) is 3.80. The van der Waals surface area contributed by atoms with Crippen LogP contribution in [0.3, 0.4) is 0 Å². The summed E-state index contributed by atoms with van der Waals surface area (Å²) in [7, 11) is 0. The Morgan fingerprint density at radius 2 is 1.83 bits per heavy atom. The van der Waals surface area contributed by atoms with Crippen molar-refractivity contribution in [1.29, 1.82) is 0 Å². The molecule has 0 atom stereocenters. The van der Waals surface area contributed by atoms with Crippen LogP contribution in [-0.4, -0.2) is 18.6 Å². The molecule has 0 N–H and O–H groups in total. The van der Waals surface area contributed by atoms with Crippen molar-refractivity contribution in [1.82, 2.24) is 0 Å². The first-order valence-corrected chi connectivity index (χ1v) is 6.94. The molecular weight excluding hydrogens is 234 g/mol. The van der Waals surface area contributed by atoms with Gasteiger partial charge in [0.25, 0.3) is 5.92 Å². The molecule has 0 aliphatic heterocycles. The van der Waals surface area contributed by atoms with E-state index < -0.39 is 11.8 Å². The average molecular weight is 260 g/mol. The van der Waals surface area contributed by atoms with E-state index in [1.54, 1.807) is 19.9 Å². The number of hydrogen-bond donors (Lipinski definition) is 0. The molecule has 0 aromatic rings. The van der Waals surface area contributed by atoms with Gasteiger partial charge in [0.15, 0.2) is 0 Å². The molecule has 3 heteroatoms. The molecule has 0 amide bonds. The lowest BCUT2D eigenvalue weighted by atomic mass is 9.67. The van der Waals surface area contributed by atoms with Crippen molar-refractivity contribution in [3.8, 4) is 0 Å². The van der Waals surface area contributed by atoms with E-state index in [2.05, 4.69) is 0 Å². The fraction of sp³-hybridized carbons (Fsp3) is 0.867. The van der Waals surface area contributed by atoms with Crippen LogP contribution in [0.15, 0.2) is 12.2 Å². The van der Waals surface area contributed by atoms with E-state index in [4.69, 9.17) is 4.74 Å². The van der Waals surface area contributed by atoms with Crippen molar-refractivity contribution >= 4 is 0 Å². The minimum absolute atomic E-state index is 0.119. The zero-order valence-electron chi connectivity index (χ0n) is 12.0. The van der Waals surface area contributed by atoms with Crippen LogP contribution < -0.4 is 0 Å². The van der Waals surface area contributed by atoms with Gasteiger partial charge in [-0.3, -0.25) is 0 Å². The zero-order chi connectivity index (χ0) is 13.8. The first-order chi connectivity index (χ1) is 8.27. The molecule has 0 aromatic heterocycles. The lowest BCUT2D eigenvalue weighted by molar-refractivity contribution is -0.0317. The first kappa shape index (κ1) is 15.6. The summed E-state index contributed by atoms with van der Waals surface area (Å²) in [6.07, 6.45) is 7.03. The molecule has 18 heavy (non-hydrogen) atoms. The molecule has 0 saturated heterocycles. The van der Waals surface area contributed by atoms with E-state index in [1.807, 2.05) is 13.8 Å². The third-order valence-electron chi connectivity index (χ3n) is 3.80. The standard InChI is InChI=1S/C15H26F2O/c1-12(2)15(16,17)10-6-9-14(7-5-8-14)11-18-13(3)4/h6,10,12-13H,5,7-9,11H2,1-4H3. The smallest absolute Gasteiger partial charge is 0.268 e. The van der Waals surface area contributed by atoms with Gasteiger partial charge in [0, 0.05) is 5.92 Å². The summed E-state index contributed by atoms with van der Waals surface area (Å²) >= 11 is 0. The predicted molar refractivity (Wildman–Crippen MR) is 70.9 cm³/mol. The van der Waals surface area contributed by atoms with Gasteiger partial charge in [-0.25, -0.2) is 8.78 Å². The maximum atomic E-state index is 13.4. The van der Waals surface area contributed by atoms with E-state index in [1.165, 1.54) is 6.42 Å². The molecule has 0 heterocycles. The van der Waals surface area contributed by atoms with Gasteiger partial charge in [-0.15, -0.1) is 0 Å². The second kappa shape index (κ2) is 6.14. The number of alkyl halides is 2. The Labute approximate surface area is 110 Å². The normalized spacial score (nSPS) is 19.8. The summed E-state index contributed by atoms with van der Waals surface area (Å²) in [6, 6.07) is 0. The number of halogens is 2. The number of rotatable bonds is 7. The lowest BCUT2D eigenvalue weighted by Crippen LogP contribution is -2.35. The van der Waals surface area contributed by atoms with Gasteiger partial charge in [0.1, 0.15) is 0 Å². The number of allylic oxidation sites excluding steroid dienone is 2. The molecule has 1 rings (SSSR count). The minimum Gasteiger partial charge on any atom is -0.378 e. The van der Waals surface area contributed by atoms with Crippen LogP contribution >= 0.6 is 0 Å². The molecular formula is C15H26F2O. The second-order valence-electron chi connectivity index (χ2n) is 6.15. The summed E-state index contributed by atoms with van der Waals surface area (Å²) in [5.74, 6) is -3.33. The third kappa shape index (κ3) is 4.34. The van der Waals surface area contributed by atoms with Crippen LogP contribution in [0.5, 0.6) is 0 Å². The van der Waals surface area contributed by atoms with Crippen LogP contribution in [0.2, 0.25) is 0 Å². The Balaban J connectivity index is 2.47. The fourth-order valence-corrected chi connectivity index (χ4v) is 2.09. The van der Waals surface area contributed by atoms with Crippen LogP contribution in [0.1, 0.15) is 53.4 Å². The average Bonchev–Trinajstić information content (AvgIpc) is 2.20. The molecule has 1 saturated carbocycles. The monoisotopic (exact) mass is 260 g/mol. The Hall–Kier alpha value is -0.440. The summed E-state index contributed by atoms with van der Waals surface area (Å²) in [6.45, 7) is 7.81. The molecule has 1 fully saturated rings. The molecule has 0 bridgehead atoms. The topological polar surface area (TPSA) is 9.23 Å². The Kier molecular flexibility index (Phi) is 5.32. The highest BCUT2D eigenvalue weighted by molar-refractivity contribution is 5.01. The number of hydrogen-bond acceptors (Lipinski definition) is 1. The van der Waals surface area contributed by atoms with Gasteiger partial charge in [-0.05, 0) is 44.6 Å². The van der Waals surface area contributed by atoms with Gasteiger partial charge >= 0.3 is 0 Å². The highest BCUT2D eigenvalue weighted by Crippen LogP contribution is 2.45. The summed E-state index contributed by atoms with van der Waals surface area (Å²) in [4.78, 5) is 0.